The summed E-state index contributed by atoms with van der Waals surface area (Å²) in [4.78, 5) is 17.8. The number of hydrogen-bond acceptors (Lipinski definition) is 4. The van der Waals surface area contributed by atoms with Crippen molar-refractivity contribution < 1.29 is 0 Å². The van der Waals surface area contributed by atoms with Crippen molar-refractivity contribution in [2.24, 2.45) is 5.73 Å². The lowest BCUT2D eigenvalue weighted by Gasteiger charge is -2.07. The molecule has 0 radical (unpaired) electrons. The summed E-state index contributed by atoms with van der Waals surface area (Å²) in [6.07, 6.45) is 1.94. The van der Waals surface area contributed by atoms with Crippen LogP contribution in [0.15, 0.2) is 10.9 Å². The lowest BCUT2D eigenvalue weighted by molar-refractivity contribution is 0.638. The van der Waals surface area contributed by atoms with Gasteiger partial charge in [0.05, 0.1) is 0 Å². The number of nitrogens with two attached hydrogens (primary N) is 1. The van der Waals surface area contributed by atoms with Gasteiger partial charge in [-0.05, 0) is 26.7 Å². The summed E-state index contributed by atoms with van der Waals surface area (Å²) in [5.41, 5.74) is 5.49. The third kappa shape index (κ3) is 4.60. The molecule has 0 fully saturated rings. The van der Waals surface area contributed by atoms with Gasteiger partial charge in [0, 0.05) is 18.7 Å². The van der Waals surface area contributed by atoms with Crippen LogP contribution in [0, 0.1) is 6.92 Å². The summed E-state index contributed by atoms with van der Waals surface area (Å²) < 4.78 is 0. The van der Waals surface area contributed by atoms with Gasteiger partial charge in [0.25, 0.3) is 5.56 Å². The average Bonchev–Trinajstić information content (AvgIpc) is 2.10. The Hall–Kier alpha value is -1.36. The van der Waals surface area contributed by atoms with Gasteiger partial charge in [-0.15, -0.1) is 0 Å². The first-order chi connectivity index (χ1) is 7.08. The Morgan fingerprint density at radius 2 is 2.40 bits per heavy atom. The summed E-state index contributed by atoms with van der Waals surface area (Å²) in [5.74, 6) is 1.25. The molecule has 1 atom stereocenters. The van der Waals surface area contributed by atoms with E-state index < -0.39 is 0 Å². The first-order valence-corrected chi connectivity index (χ1v) is 5.15. The van der Waals surface area contributed by atoms with Crippen LogP contribution in [0.4, 0.5) is 5.82 Å². The predicted octanol–water partition coefficient (Wildman–Crippen LogP) is 0.618. The zero-order chi connectivity index (χ0) is 11.3. The van der Waals surface area contributed by atoms with Gasteiger partial charge in [-0.3, -0.25) is 4.79 Å². The topological polar surface area (TPSA) is 83.8 Å². The van der Waals surface area contributed by atoms with Crippen LogP contribution in [-0.2, 0) is 0 Å². The van der Waals surface area contributed by atoms with Crippen molar-refractivity contribution in [1.29, 1.82) is 0 Å². The second-order valence-corrected chi connectivity index (χ2v) is 3.76. The molecule has 84 valence electrons. The molecule has 1 rings (SSSR count). The highest BCUT2D eigenvalue weighted by atomic mass is 16.1. The Morgan fingerprint density at radius 1 is 1.67 bits per heavy atom. The molecule has 0 aliphatic carbocycles. The molecule has 0 bridgehead atoms. The van der Waals surface area contributed by atoms with Gasteiger partial charge in [0.2, 0.25) is 0 Å². The van der Waals surface area contributed by atoms with Crippen LogP contribution in [0.5, 0.6) is 0 Å². The van der Waals surface area contributed by atoms with Gasteiger partial charge < -0.3 is 16.0 Å². The minimum Gasteiger partial charge on any atom is -0.370 e. The maximum absolute atomic E-state index is 11.1. The molecule has 1 aromatic heterocycles. The molecular formula is C10H18N4O. The fourth-order valence-electron chi connectivity index (χ4n) is 1.31. The van der Waals surface area contributed by atoms with E-state index in [4.69, 9.17) is 5.73 Å². The lowest BCUT2D eigenvalue weighted by atomic mass is 10.2. The molecule has 1 aromatic rings. The van der Waals surface area contributed by atoms with Crippen molar-refractivity contribution >= 4 is 5.82 Å². The fraction of sp³-hybridized carbons (Fsp3) is 0.600. The number of nitrogens with zero attached hydrogens (tertiary/aromatic N) is 1. The van der Waals surface area contributed by atoms with E-state index in [1.54, 1.807) is 6.92 Å². The summed E-state index contributed by atoms with van der Waals surface area (Å²) >= 11 is 0. The number of aromatic amines is 1. The van der Waals surface area contributed by atoms with E-state index in [0.717, 1.165) is 19.4 Å². The molecule has 0 saturated carbocycles. The first-order valence-electron chi connectivity index (χ1n) is 5.15. The molecule has 5 heteroatoms. The lowest BCUT2D eigenvalue weighted by Crippen LogP contribution is -2.17. The smallest absolute Gasteiger partial charge is 0.252 e. The minimum atomic E-state index is -0.128. The van der Waals surface area contributed by atoms with Crippen LogP contribution in [0.1, 0.15) is 25.6 Å². The Morgan fingerprint density at radius 3 is 3.00 bits per heavy atom. The molecule has 1 unspecified atom stereocenters. The maximum Gasteiger partial charge on any atom is 0.252 e. The minimum absolute atomic E-state index is 0.128. The number of aromatic nitrogens is 2. The number of aryl methyl sites for hydroxylation is 1. The predicted molar refractivity (Wildman–Crippen MR) is 61.0 cm³/mol. The Labute approximate surface area is 89.1 Å². The molecule has 5 nitrogen and oxygen atoms in total. The zero-order valence-corrected chi connectivity index (χ0v) is 9.21. The molecule has 0 aromatic carbocycles. The van der Waals surface area contributed by atoms with Gasteiger partial charge in [0.1, 0.15) is 11.6 Å². The van der Waals surface area contributed by atoms with Gasteiger partial charge in [-0.2, -0.15) is 0 Å². The summed E-state index contributed by atoms with van der Waals surface area (Å²) in [7, 11) is 0. The summed E-state index contributed by atoms with van der Waals surface area (Å²) in [6.45, 7) is 4.53. The van der Waals surface area contributed by atoms with Crippen molar-refractivity contribution in [3.8, 4) is 0 Å². The van der Waals surface area contributed by atoms with Crippen LogP contribution in [0.25, 0.3) is 0 Å². The third-order valence-electron chi connectivity index (χ3n) is 2.00. The van der Waals surface area contributed by atoms with Crippen LogP contribution in [0.2, 0.25) is 0 Å². The molecule has 0 amide bonds. The molecule has 15 heavy (non-hydrogen) atoms. The number of rotatable bonds is 5. The number of nitrogens with one attached hydrogen (secondary N) is 2. The van der Waals surface area contributed by atoms with E-state index >= 15 is 0 Å². The van der Waals surface area contributed by atoms with Gasteiger partial charge >= 0.3 is 0 Å². The monoisotopic (exact) mass is 210 g/mol. The quantitative estimate of drug-likeness (QED) is 0.622. The van der Waals surface area contributed by atoms with Crippen molar-refractivity contribution in [3.63, 3.8) is 0 Å². The van der Waals surface area contributed by atoms with Crippen LogP contribution >= 0.6 is 0 Å². The second-order valence-electron chi connectivity index (χ2n) is 3.76. The molecular weight excluding hydrogens is 192 g/mol. The number of anilines is 1. The largest absolute Gasteiger partial charge is 0.370 e. The molecule has 0 spiro atoms. The van der Waals surface area contributed by atoms with E-state index in [1.807, 2.05) is 6.92 Å². The van der Waals surface area contributed by atoms with Crippen molar-refractivity contribution in [2.75, 3.05) is 11.9 Å². The van der Waals surface area contributed by atoms with E-state index in [2.05, 4.69) is 15.3 Å². The van der Waals surface area contributed by atoms with E-state index in [9.17, 15) is 4.79 Å². The Kier molecular flexibility index (Phi) is 4.30. The van der Waals surface area contributed by atoms with Crippen LogP contribution in [0.3, 0.4) is 0 Å². The fourth-order valence-corrected chi connectivity index (χ4v) is 1.31. The molecule has 0 aliphatic rings. The van der Waals surface area contributed by atoms with Gasteiger partial charge in [0.15, 0.2) is 0 Å². The average molecular weight is 210 g/mol. The first kappa shape index (κ1) is 11.7. The highest BCUT2D eigenvalue weighted by Gasteiger charge is 1.98. The Bertz CT molecular complexity index is 359. The van der Waals surface area contributed by atoms with Crippen molar-refractivity contribution in [1.82, 2.24) is 9.97 Å². The molecule has 1 heterocycles. The zero-order valence-electron chi connectivity index (χ0n) is 9.21. The Balaban J connectivity index is 2.40. The third-order valence-corrected chi connectivity index (χ3v) is 2.00. The molecule has 4 N–H and O–H groups in total. The second kappa shape index (κ2) is 5.50. The SMILES string of the molecule is Cc1nc(NCCCC(C)N)cc(=O)[nH]1. The van der Waals surface area contributed by atoms with Gasteiger partial charge in [-0.25, -0.2) is 4.98 Å². The maximum atomic E-state index is 11.1. The van der Waals surface area contributed by atoms with E-state index in [1.165, 1.54) is 6.07 Å². The normalized spacial score (nSPS) is 12.5. The van der Waals surface area contributed by atoms with Crippen LogP contribution < -0.4 is 16.6 Å². The number of H-pyrrole nitrogens is 1. The highest BCUT2D eigenvalue weighted by Crippen LogP contribution is 1.99. The summed E-state index contributed by atoms with van der Waals surface area (Å²) in [6, 6.07) is 1.68. The van der Waals surface area contributed by atoms with Crippen molar-refractivity contribution in [2.45, 2.75) is 32.7 Å². The van der Waals surface area contributed by atoms with E-state index in [0.29, 0.717) is 11.6 Å². The van der Waals surface area contributed by atoms with Crippen LogP contribution in [-0.4, -0.2) is 22.6 Å². The number of hydrogen-bond donors (Lipinski definition) is 3. The highest BCUT2D eigenvalue weighted by molar-refractivity contribution is 5.32. The van der Waals surface area contributed by atoms with Crippen molar-refractivity contribution in [3.05, 3.63) is 22.2 Å². The standard InChI is InChI=1S/C10H18N4O/c1-7(11)4-3-5-12-9-6-10(15)14-8(2)13-9/h6-7H,3-5,11H2,1-2H3,(H2,12,13,14,15). The molecule has 0 saturated heterocycles. The molecule has 0 aliphatic heterocycles. The summed E-state index contributed by atoms with van der Waals surface area (Å²) in [5, 5.41) is 3.10. The van der Waals surface area contributed by atoms with Gasteiger partial charge in [-0.1, -0.05) is 0 Å². The van der Waals surface area contributed by atoms with E-state index in [-0.39, 0.29) is 11.6 Å².